The van der Waals surface area contributed by atoms with Gasteiger partial charge in [-0.1, -0.05) is 68.4 Å². The van der Waals surface area contributed by atoms with Crippen molar-refractivity contribution >= 4 is 22.8 Å². The number of benzene rings is 3. The number of aromatic nitrogens is 1. The van der Waals surface area contributed by atoms with Crippen LogP contribution in [-0.2, 0) is 17.8 Å². The number of carbonyl (C=O) groups is 2. The molecule has 1 fully saturated rings. The molecule has 2 atom stereocenters. The van der Waals surface area contributed by atoms with Crippen molar-refractivity contribution in [2.24, 2.45) is 0 Å². The average molecular weight is 480 g/mol. The smallest absolute Gasteiger partial charge is 0.328 e. The highest BCUT2D eigenvalue weighted by molar-refractivity contribution is 6.05. The lowest BCUT2D eigenvalue weighted by Crippen LogP contribution is -2.44. The van der Waals surface area contributed by atoms with Gasteiger partial charge in [0.1, 0.15) is 17.8 Å². The number of carbonyl (C=O) groups excluding carboxylic acids is 2. The molecule has 0 aliphatic carbocycles. The lowest BCUT2D eigenvalue weighted by molar-refractivity contribution is -0.129. The zero-order valence-corrected chi connectivity index (χ0v) is 20.7. The maximum atomic E-state index is 13.9. The summed E-state index contributed by atoms with van der Waals surface area (Å²) in [5.41, 5.74) is 6.29. The summed E-state index contributed by atoms with van der Waals surface area (Å²) in [6, 6.07) is 23.0. The number of nitrogens with one attached hydrogen (secondary N) is 1. The quantitative estimate of drug-likeness (QED) is 0.369. The molecule has 182 valence electrons. The number of fused-ring (bicyclic) bond motifs is 4. The van der Waals surface area contributed by atoms with Crippen LogP contribution in [-0.4, -0.2) is 39.9 Å². The third-order valence-corrected chi connectivity index (χ3v) is 7.55. The minimum absolute atomic E-state index is 0.143. The molecule has 0 unspecified atom stereocenters. The van der Waals surface area contributed by atoms with E-state index in [1.54, 1.807) is 12.0 Å². The molecule has 3 heterocycles. The Balaban J connectivity index is 1.43. The number of hydrogen-bond acceptors (Lipinski definition) is 3. The van der Waals surface area contributed by atoms with E-state index < -0.39 is 6.04 Å². The second-order valence-electron chi connectivity index (χ2n) is 9.97. The molecule has 3 amide bonds. The van der Waals surface area contributed by atoms with Crippen molar-refractivity contribution in [3.63, 3.8) is 0 Å². The third-order valence-electron chi connectivity index (χ3n) is 7.55. The molecule has 3 aromatic carbocycles. The monoisotopic (exact) mass is 479 g/mol. The summed E-state index contributed by atoms with van der Waals surface area (Å²) < 4.78 is 5.25. The van der Waals surface area contributed by atoms with E-state index in [1.807, 2.05) is 36.4 Å². The van der Waals surface area contributed by atoms with Crippen molar-refractivity contribution in [3.8, 4) is 5.75 Å². The van der Waals surface area contributed by atoms with Crippen LogP contribution in [0.3, 0.4) is 0 Å². The van der Waals surface area contributed by atoms with Gasteiger partial charge in [-0.15, -0.1) is 0 Å². The highest BCUT2D eigenvalue weighted by atomic mass is 16.5. The van der Waals surface area contributed by atoms with Crippen LogP contribution in [0, 0.1) is 0 Å². The highest BCUT2D eigenvalue weighted by Crippen LogP contribution is 2.44. The van der Waals surface area contributed by atoms with Crippen LogP contribution in [0.4, 0.5) is 4.79 Å². The third kappa shape index (κ3) is 3.48. The van der Waals surface area contributed by atoms with Gasteiger partial charge < -0.3 is 9.72 Å². The normalized spacial score (nSPS) is 19.2. The van der Waals surface area contributed by atoms with Gasteiger partial charge in [-0.05, 0) is 46.4 Å². The minimum Gasteiger partial charge on any atom is -0.497 e. The largest absolute Gasteiger partial charge is 0.497 e. The average Bonchev–Trinajstić information content (AvgIpc) is 3.38. The van der Waals surface area contributed by atoms with Gasteiger partial charge in [-0.25, -0.2) is 4.79 Å². The number of methoxy groups -OCH3 is 1. The Bertz CT molecular complexity index is 1450. The molecule has 2 aliphatic rings. The lowest BCUT2D eigenvalue weighted by Gasteiger charge is -2.36. The van der Waals surface area contributed by atoms with Crippen LogP contribution in [0.5, 0.6) is 5.75 Å². The van der Waals surface area contributed by atoms with E-state index in [-0.39, 0.29) is 24.5 Å². The summed E-state index contributed by atoms with van der Waals surface area (Å²) in [7, 11) is 1.62. The summed E-state index contributed by atoms with van der Waals surface area (Å²) >= 11 is 0. The number of H-pyrrole nitrogens is 1. The zero-order chi connectivity index (χ0) is 25.0. The molecule has 4 aromatic rings. The Labute approximate surface area is 210 Å². The summed E-state index contributed by atoms with van der Waals surface area (Å²) in [6.07, 6.45) is 0.504. The van der Waals surface area contributed by atoms with Gasteiger partial charge in [0.05, 0.1) is 13.7 Å². The summed E-state index contributed by atoms with van der Waals surface area (Å²) in [5.74, 6) is 1.01. The number of amides is 3. The van der Waals surface area contributed by atoms with Gasteiger partial charge in [0.25, 0.3) is 5.91 Å². The van der Waals surface area contributed by atoms with E-state index in [1.165, 1.54) is 10.5 Å². The van der Waals surface area contributed by atoms with E-state index in [0.29, 0.717) is 12.3 Å². The Morgan fingerprint density at radius 2 is 1.69 bits per heavy atom. The van der Waals surface area contributed by atoms with Gasteiger partial charge in [-0.2, -0.15) is 0 Å². The van der Waals surface area contributed by atoms with Crippen LogP contribution >= 0.6 is 0 Å². The van der Waals surface area contributed by atoms with Gasteiger partial charge in [0, 0.05) is 23.0 Å². The van der Waals surface area contributed by atoms with E-state index in [9.17, 15) is 9.59 Å². The van der Waals surface area contributed by atoms with Crippen molar-refractivity contribution in [2.75, 3.05) is 7.11 Å². The number of urea groups is 1. The van der Waals surface area contributed by atoms with E-state index in [0.717, 1.165) is 39.0 Å². The van der Waals surface area contributed by atoms with Crippen molar-refractivity contribution in [1.29, 1.82) is 0 Å². The van der Waals surface area contributed by atoms with Crippen LogP contribution in [0.15, 0.2) is 72.8 Å². The number of aromatic amines is 1. The SMILES string of the molecule is COc1ccc(CN2C(=O)[C@H]3Cc4c([nH]c5ccccc45)[C@H](c4ccc(C(C)C)cc4)N3C2=O)cc1. The Morgan fingerprint density at radius 3 is 2.39 bits per heavy atom. The topological polar surface area (TPSA) is 65.6 Å². The number of nitrogens with zero attached hydrogens (tertiary/aromatic N) is 2. The molecule has 1 N–H and O–H groups in total. The highest BCUT2D eigenvalue weighted by Gasteiger charge is 2.52. The van der Waals surface area contributed by atoms with Gasteiger partial charge in [-0.3, -0.25) is 14.6 Å². The first kappa shape index (κ1) is 22.4. The van der Waals surface area contributed by atoms with Gasteiger partial charge in [0.15, 0.2) is 0 Å². The molecule has 0 spiro atoms. The summed E-state index contributed by atoms with van der Waals surface area (Å²) in [6.45, 7) is 4.57. The molecule has 6 heteroatoms. The number of imide groups is 1. The molecule has 1 aromatic heterocycles. The first-order valence-corrected chi connectivity index (χ1v) is 12.4. The standard InChI is InChI=1S/C30H29N3O3/c1-18(2)20-10-12-21(13-11-20)28-27-24(23-6-4-5-7-25(23)31-27)16-26-29(34)32(30(35)33(26)28)17-19-8-14-22(36-3)15-9-19/h4-15,18,26,28,31H,16-17H2,1-3H3/t26-,28+/m1/s1. The Hall–Kier alpha value is -4.06. The number of rotatable bonds is 5. The molecule has 0 bridgehead atoms. The fraction of sp³-hybridized carbons (Fsp3) is 0.267. The molecule has 36 heavy (non-hydrogen) atoms. The lowest BCUT2D eigenvalue weighted by atomic mass is 9.88. The second kappa shape index (κ2) is 8.55. The Kier molecular flexibility index (Phi) is 5.32. The van der Waals surface area contributed by atoms with Crippen molar-refractivity contribution in [2.45, 2.75) is 44.8 Å². The summed E-state index contributed by atoms with van der Waals surface area (Å²) in [5, 5.41) is 1.12. The van der Waals surface area contributed by atoms with Crippen molar-refractivity contribution in [1.82, 2.24) is 14.8 Å². The van der Waals surface area contributed by atoms with Crippen LogP contribution < -0.4 is 4.74 Å². The molecule has 1 saturated heterocycles. The first-order valence-electron chi connectivity index (χ1n) is 12.4. The zero-order valence-electron chi connectivity index (χ0n) is 20.7. The molecular weight excluding hydrogens is 450 g/mol. The van der Waals surface area contributed by atoms with Crippen LogP contribution in [0.1, 0.15) is 53.8 Å². The molecule has 6 rings (SSSR count). The first-order chi connectivity index (χ1) is 17.5. The van der Waals surface area contributed by atoms with Crippen molar-refractivity contribution < 1.29 is 14.3 Å². The fourth-order valence-corrected chi connectivity index (χ4v) is 5.60. The van der Waals surface area contributed by atoms with Crippen LogP contribution in [0.25, 0.3) is 10.9 Å². The van der Waals surface area contributed by atoms with Gasteiger partial charge in [0.2, 0.25) is 0 Å². The van der Waals surface area contributed by atoms with E-state index in [4.69, 9.17) is 4.74 Å². The molecule has 0 radical (unpaired) electrons. The minimum atomic E-state index is -0.530. The fourth-order valence-electron chi connectivity index (χ4n) is 5.60. The number of para-hydroxylation sites is 1. The summed E-state index contributed by atoms with van der Waals surface area (Å²) in [4.78, 5) is 34.3. The maximum absolute atomic E-state index is 13.9. The second-order valence-corrected chi connectivity index (χ2v) is 9.97. The molecular formula is C30H29N3O3. The number of hydrogen-bond donors (Lipinski definition) is 1. The predicted octanol–water partition coefficient (Wildman–Crippen LogP) is 5.78. The maximum Gasteiger partial charge on any atom is 0.328 e. The predicted molar refractivity (Wildman–Crippen MR) is 139 cm³/mol. The van der Waals surface area contributed by atoms with Crippen LogP contribution in [0.2, 0.25) is 0 Å². The number of ether oxygens (including phenoxy) is 1. The van der Waals surface area contributed by atoms with E-state index >= 15 is 0 Å². The van der Waals surface area contributed by atoms with Crippen molar-refractivity contribution in [3.05, 3.63) is 101 Å². The molecule has 2 aliphatic heterocycles. The van der Waals surface area contributed by atoms with E-state index in [2.05, 4.69) is 55.2 Å². The Morgan fingerprint density at radius 1 is 0.972 bits per heavy atom. The molecule has 6 nitrogen and oxygen atoms in total. The van der Waals surface area contributed by atoms with Gasteiger partial charge >= 0.3 is 6.03 Å². The molecule has 0 saturated carbocycles.